The maximum atomic E-state index is 13.8. The monoisotopic (exact) mass is 423 g/mol. The van der Waals surface area contributed by atoms with E-state index < -0.39 is 11.9 Å². The van der Waals surface area contributed by atoms with Crippen molar-refractivity contribution in [3.8, 4) is 0 Å². The lowest BCUT2D eigenvalue weighted by Gasteiger charge is -2.25. The molecule has 0 bridgehead atoms. The van der Waals surface area contributed by atoms with Gasteiger partial charge in [-0.25, -0.2) is 4.39 Å². The quantitative estimate of drug-likeness (QED) is 0.510. The summed E-state index contributed by atoms with van der Waals surface area (Å²) >= 11 is 0. The molecule has 0 aliphatic carbocycles. The highest BCUT2D eigenvalue weighted by Crippen LogP contribution is 2.38. The highest BCUT2D eigenvalue weighted by molar-refractivity contribution is 5.99. The van der Waals surface area contributed by atoms with E-state index in [9.17, 15) is 14.0 Å². The van der Waals surface area contributed by atoms with Crippen LogP contribution in [0.5, 0.6) is 0 Å². The lowest BCUT2D eigenvalue weighted by molar-refractivity contribution is 0.0593. The summed E-state index contributed by atoms with van der Waals surface area (Å²) in [5.74, 6) is -0.804. The molecule has 6 heteroatoms. The largest absolute Gasteiger partial charge is 0.450 e. The number of amides is 1. The summed E-state index contributed by atoms with van der Waals surface area (Å²) in [4.78, 5) is 28.3. The van der Waals surface area contributed by atoms with Crippen molar-refractivity contribution in [2.75, 3.05) is 13.2 Å². The maximum Gasteiger partial charge on any atom is 0.290 e. The second-order valence-corrected chi connectivity index (χ2v) is 8.08. The molecule has 0 radical (unpaired) electrons. The van der Waals surface area contributed by atoms with Gasteiger partial charge in [0.15, 0.2) is 5.43 Å². The van der Waals surface area contributed by atoms with Gasteiger partial charge >= 0.3 is 0 Å². The van der Waals surface area contributed by atoms with Crippen LogP contribution in [0.3, 0.4) is 0 Å². The molecule has 0 spiro atoms. The van der Waals surface area contributed by atoms with Crippen LogP contribution in [0.25, 0.3) is 11.0 Å². The Morgan fingerprint density at radius 2 is 1.87 bits per heavy atom. The zero-order valence-electron chi connectivity index (χ0n) is 18.0. The summed E-state index contributed by atoms with van der Waals surface area (Å²) in [6.45, 7) is 6.91. The Balaban J connectivity index is 1.81. The lowest BCUT2D eigenvalue weighted by atomic mass is 9.97. The first-order chi connectivity index (χ1) is 14.9. The average Bonchev–Trinajstić information content (AvgIpc) is 3.04. The fraction of sp³-hybridized carbons (Fsp3) is 0.360. The zero-order valence-corrected chi connectivity index (χ0v) is 18.0. The molecule has 3 aromatic rings. The molecule has 0 saturated heterocycles. The Bertz CT molecular complexity index is 1170. The summed E-state index contributed by atoms with van der Waals surface area (Å²) < 4.78 is 25.3. The number of benzene rings is 2. The summed E-state index contributed by atoms with van der Waals surface area (Å²) in [5.41, 5.74) is 2.12. The number of carbonyl (C=O) groups is 1. The SMILES string of the molecule is CCc1ccc(C2c3c(oc4ccc(F)cc4c3=O)C(=O)N2CCCOC(C)C)cc1. The number of carbonyl (C=O) groups excluding carboxylic acids is 1. The van der Waals surface area contributed by atoms with Crippen LogP contribution in [-0.4, -0.2) is 30.1 Å². The molecule has 162 valence electrons. The number of ether oxygens (including phenoxy) is 1. The number of aryl methyl sites for hydroxylation is 1. The fourth-order valence-corrected chi connectivity index (χ4v) is 4.06. The van der Waals surface area contributed by atoms with Gasteiger partial charge in [-0.05, 0) is 56.0 Å². The van der Waals surface area contributed by atoms with Crippen molar-refractivity contribution in [1.29, 1.82) is 0 Å². The van der Waals surface area contributed by atoms with E-state index in [1.54, 1.807) is 4.90 Å². The third-order valence-electron chi connectivity index (χ3n) is 5.63. The van der Waals surface area contributed by atoms with E-state index in [1.165, 1.54) is 18.2 Å². The van der Waals surface area contributed by atoms with E-state index in [0.29, 0.717) is 19.6 Å². The van der Waals surface area contributed by atoms with Crippen LogP contribution in [0.15, 0.2) is 51.7 Å². The van der Waals surface area contributed by atoms with Crippen molar-refractivity contribution in [2.24, 2.45) is 0 Å². The molecule has 4 rings (SSSR count). The molecule has 5 nitrogen and oxygen atoms in total. The summed E-state index contributed by atoms with van der Waals surface area (Å²) in [6.07, 6.45) is 1.62. The molecule has 2 aromatic carbocycles. The van der Waals surface area contributed by atoms with Crippen molar-refractivity contribution in [1.82, 2.24) is 4.90 Å². The van der Waals surface area contributed by atoms with Crippen molar-refractivity contribution in [2.45, 2.75) is 45.8 Å². The molecular formula is C25H26FNO4. The van der Waals surface area contributed by atoms with E-state index >= 15 is 0 Å². The molecule has 1 amide bonds. The third-order valence-corrected chi connectivity index (χ3v) is 5.63. The van der Waals surface area contributed by atoms with Crippen LogP contribution < -0.4 is 5.43 Å². The molecule has 1 atom stereocenters. The molecular weight excluding hydrogens is 397 g/mol. The molecule has 1 aliphatic rings. The molecule has 31 heavy (non-hydrogen) atoms. The minimum Gasteiger partial charge on any atom is -0.450 e. The van der Waals surface area contributed by atoms with E-state index in [-0.39, 0.29) is 39.7 Å². The first kappa shape index (κ1) is 21.2. The second-order valence-electron chi connectivity index (χ2n) is 8.08. The zero-order chi connectivity index (χ0) is 22.1. The first-order valence-electron chi connectivity index (χ1n) is 10.7. The molecule has 1 aromatic heterocycles. The van der Waals surface area contributed by atoms with Crippen LogP contribution in [0.1, 0.15) is 60.5 Å². The molecule has 0 fully saturated rings. The van der Waals surface area contributed by atoms with Gasteiger partial charge in [0.05, 0.1) is 23.1 Å². The Morgan fingerprint density at radius 3 is 2.55 bits per heavy atom. The summed E-state index contributed by atoms with van der Waals surface area (Å²) in [5, 5.41) is 0.145. The van der Waals surface area contributed by atoms with Crippen molar-refractivity contribution >= 4 is 16.9 Å². The number of hydrogen-bond acceptors (Lipinski definition) is 4. The van der Waals surface area contributed by atoms with E-state index in [2.05, 4.69) is 6.92 Å². The van der Waals surface area contributed by atoms with Gasteiger partial charge in [0.25, 0.3) is 5.91 Å². The Hall–Kier alpha value is -2.99. The summed E-state index contributed by atoms with van der Waals surface area (Å²) in [6, 6.07) is 11.1. The Labute approximate surface area is 180 Å². The van der Waals surface area contributed by atoms with E-state index in [0.717, 1.165) is 17.5 Å². The third kappa shape index (κ3) is 4.00. The highest BCUT2D eigenvalue weighted by atomic mass is 19.1. The van der Waals surface area contributed by atoms with Crippen LogP contribution in [0, 0.1) is 5.82 Å². The number of hydrogen-bond donors (Lipinski definition) is 0. The maximum absolute atomic E-state index is 13.8. The Morgan fingerprint density at radius 1 is 1.13 bits per heavy atom. The highest BCUT2D eigenvalue weighted by Gasteiger charge is 2.42. The van der Waals surface area contributed by atoms with E-state index in [1.807, 2.05) is 38.1 Å². The van der Waals surface area contributed by atoms with Crippen LogP contribution in [0.2, 0.25) is 0 Å². The van der Waals surface area contributed by atoms with Gasteiger partial charge in [-0.3, -0.25) is 9.59 Å². The predicted molar refractivity (Wildman–Crippen MR) is 117 cm³/mol. The molecule has 2 heterocycles. The van der Waals surface area contributed by atoms with Crippen molar-refractivity contribution in [3.63, 3.8) is 0 Å². The number of fused-ring (bicyclic) bond motifs is 2. The standard InChI is InChI=1S/C25H26FNO4/c1-4-16-6-8-17(9-7-16)22-21-23(28)19-14-18(26)10-11-20(19)31-24(21)25(29)27(22)12-5-13-30-15(2)3/h6-11,14-15,22H,4-5,12-13H2,1-3H3. The van der Waals surface area contributed by atoms with Gasteiger partial charge in [-0.1, -0.05) is 31.2 Å². The van der Waals surface area contributed by atoms with Gasteiger partial charge in [-0.2, -0.15) is 0 Å². The van der Waals surface area contributed by atoms with Crippen LogP contribution >= 0.6 is 0 Å². The smallest absolute Gasteiger partial charge is 0.290 e. The van der Waals surface area contributed by atoms with Gasteiger partial charge in [0.2, 0.25) is 5.76 Å². The van der Waals surface area contributed by atoms with Crippen LogP contribution in [-0.2, 0) is 11.2 Å². The van der Waals surface area contributed by atoms with Gasteiger partial charge in [-0.15, -0.1) is 0 Å². The topological polar surface area (TPSA) is 59.8 Å². The van der Waals surface area contributed by atoms with Gasteiger partial charge in [0, 0.05) is 13.2 Å². The predicted octanol–water partition coefficient (Wildman–Crippen LogP) is 4.85. The lowest BCUT2D eigenvalue weighted by Crippen LogP contribution is -2.31. The fourth-order valence-electron chi connectivity index (χ4n) is 4.06. The normalized spacial score (nSPS) is 15.8. The number of rotatable bonds is 7. The van der Waals surface area contributed by atoms with Crippen molar-refractivity contribution < 1.29 is 18.3 Å². The van der Waals surface area contributed by atoms with Gasteiger partial charge in [0.1, 0.15) is 11.4 Å². The average molecular weight is 423 g/mol. The minimum absolute atomic E-state index is 0.0402. The first-order valence-corrected chi connectivity index (χ1v) is 10.7. The van der Waals surface area contributed by atoms with Crippen LogP contribution in [0.4, 0.5) is 4.39 Å². The molecule has 0 saturated carbocycles. The number of nitrogens with zero attached hydrogens (tertiary/aromatic N) is 1. The van der Waals surface area contributed by atoms with Gasteiger partial charge < -0.3 is 14.1 Å². The molecule has 1 unspecified atom stereocenters. The minimum atomic E-state index is -0.573. The molecule has 0 N–H and O–H groups in total. The van der Waals surface area contributed by atoms with Crippen molar-refractivity contribution in [3.05, 3.63) is 81.0 Å². The summed E-state index contributed by atoms with van der Waals surface area (Å²) in [7, 11) is 0. The second kappa shape index (κ2) is 8.63. The van der Waals surface area contributed by atoms with E-state index in [4.69, 9.17) is 9.15 Å². The Kier molecular flexibility index (Phi) is 5.92. The molecule has 1 aliphatic heterocycles. The number of halogens is 1.